The first kappa shape index (κ1) is 14.8. The summed E-state index contributed by atoms with van der Waals surface area (Å²) in [7, 11) is 0. The molecule has 0 unspecified atom stereocenters. The molecule has 2 aliphatic heterocycles. The van der Waals surface area contributed by atoms with Gasteiger partial charge in [-0.05, 0) is 18.2 Å². The van der Waals surface area contributed by atoms with Crippen LogP contribution in [0.25, 0.3) is 0 Å². The summed E-state index contributed by atoms with van der Waals surface area (Å²) in [6.45, 7) is 0. The van der Waals surface area contributed by atoms with E-state index < -0.39 is 5.54 Å². The van der Waals surface area contributed by atoms with E-state index in [1.165, 1.54) is 5.01 Å². The molecule has 0 saturated carbocycles. The summed E-state index contributed by atoms with van der Waals surface area (Å²) in [6, 6.07) is 18.2. The van der Waals surface area contributed by atoms with Gasteiger partial charge in [0.2, 0.25) is 0 Å². The number of fused-ring (bicyclic) bond motifs is 6. The van der Waals surface area contributed by atoms with E-state index in [-0.39, 0.29) is 5.91 Å². The molecule has 6 heteroatoms. The molecule has 0 aromatic heterocycles. The molecule has 3 aromatic rings. The topological polar surface area (TPSA) is 108 Å². The molecule has 0 aliphatic carbocycles. The number of amides is 1. The van der Waals surface area contributed by atoms with Crippen molar-refractivity contribution >= 4 is 17.3 Å². The number of ether oxygens (including phenoxy) is 1. The van der Waals surface area contributed by atoms with Crippen LogP contribution in [-0.2, 0) is 5.54 Å². The molecule has 0 atom stereocenters. The third-order valence-electron chi connectivity index (χ3n) is 5.14. The van der Waals surface area contributed by atoms with Gasteiger partial charge >= 0.3 is 0 Å². The van der Waals surface area contributed by atoms with Crippen molar-refractivity contribution in [1.82, 2.24) is 5.01 Å². The molecular weight excluding hydrogens is 328 g/mol. The highest BCUT2D eigenvalue weighted by Gasteiger charge is 2.55. The van der Waals surface area contributed by atoms with Crippen molar-refractivity contribution in [2.45, 2.75) is 5.54 Å². The summed E-state index contributed by atoms with van der Waals surface area (Å²) in [4.78, 5) is 12.9. The highest BCUT2D eigenvalue weighted by molar-refractivity contribution is 6.02. The van der Waals surface area contributed by atoms with Gasteiger partial charge in [0, 0.05) is 45.8 Å². The van der Waals surface area contributed by atoms with Gasteiger partial charge in [-0.3, -0.25) is 9.80 Å². The van der Waals surface area contributed by atoms with Crippen LogP contribution in [-0.4, -0.2) is 10.9 Å². The van der Waals surface area contributed by atoms with E-state index in [0.717, 1.165) is 16.7 Å². The van der Waals surface area contributed by atoms with E-state index in [1.54, 1.807) is 30.3 Å². The quantitative estimate of drug-likeness (QED) is 0.330. The van der Waals surface area contributed by atoms with Crippen LogP contribution in [0.2, 0.25) is 0 Å². The number of carbonyl (C=O) groups excluding carboxylic acids is 1. The molecule has 0 bridgehead atoms. The van der Waals surface area contributed by atoms with E-state index >= 15 is 0 Å². The largest absolute Gasteiger partial charge is 0.456 e. The van der Waals surface area contributed by atoms with Gasteiger partial charge < -0.3 is 16.2 Å². The molecule has 0 saturated heterocycles. The predicted octanol–water partition coefficient (Wildman–Crippen LogP) is 2.58. The first-order valence-corrected chi connectivity index (χ1v) is 8.20. The number of nitrogens with zero attached hydrogens (tertiary/aromatic N) is 1. The minimum atomic E-state index is -0.988. The van der Waals surface area contributed by atoms with Crippen LogP contribution >= 0.6 is 0 Å². The lowest BCUT2D eigenvalue weighted by Crippen LogP contribution is -2.51. The Bertz CT molecular complexity index is 1040. The molecule has 26 heavy (non-hydrogen) atoms. The van der Waals surface area contributed by atoms with Crippen LogP contribution in [0.5, 0.6) is 11.5 Å². The zero-order chi connectivity index (χ0) is 18.1. The van der Waals surface area contributed by atoms with Crippen LogP contribution in [0, 0.1) is 0 Å². The fraction of sp³-hybridized carbons (Fsp3) is 0.0500. The molecule has 0 fully saturated rings. The van der Waals surface area contributed by atoms with Gasteiger partial charge in [0.1, 0.15) is 17.0 Å². The van der Waals surface area contributed by atoms with Crippen molar-refractivity contribution in [3.63, 3.8) is 0 Å². The summed E-state index contributed by atoms with van der Waals surface area (Å²) in [6.07, 6.45) is 0. The summed E-state index contributed by atoms with van der Waals surface area (Å²) in [5.41, 5.74) is 15.0. The zero-order valence-electron chi connectivity index (χ0n) is 13.8. The number of rotatable bonds is 0. The standard InChI is InChI=1S/C20H16N4O2/c21-11-5-7-15-17(9-11)26-18-10-12(22)6-8-16(18)20(15)14-4-2-1-3-13(14)19(25)24(20)23/h1-10H,21-23H2. The van der Waals surface area contributed by atoms with Gasteiger partial charge in [-0.25, -0.2) is 5.84 Å². The van der Waals surface area contributed by atoms with E-state index in [9.17, 15) is 4.79 Å². The van der Waals surface area contributed by atoms with E-state index in [2.05, 4.69) is 0 Å². The van der Waals surface area contributed by atoms with Crippen molar-refractivity contribution in [1.29, 1.82) is 0 Å². The van der Waals surface area contributed by atoms with Gasteiger partial charge in [-0.2, -0.15) is 0 Å². The van der Waals surface area contributed by atoms with Gasteiger partial charge in [0.25, 0.3) is 5.91 Å². The maximum Gasteiger partial charge on any atom is 0.269 e. The molecule has 3 aromatic carbocycles. The maximum absolute atomic E-state index is 12.9. The highest BCUT2D eigenvalue weighted by atomic mass is 16.5. The number of anilines is 2. The Hall–Kier alpha value is -3.51. The Morgan fingerprint density at radius 3 is 2.00 bits per heavy atom. The number of benzene rings is 3. The molecule has 128 valence electrons. The van der Waals surface area contributed by atoms with Crippen LogP contribution in [0.4, 0.5) is 11.4 Å². The Labute approximate surface area is 149 Å². The van der Waals surface area contributed by atoms with Crippen molar-refractivity contribution in [2.75, 3.05) is 11.5 Å². The second-order valence-corrected chi connectivity index (χ2v) is 6.54. The summed E-state index contributed by atoms with van der Waals surface area (Å²) in [5, 5.41) is 1.28. The fourth-order valence-electron chi connectivity index (χ4n) is 4.05. The normalized spacial score (nSPS) is 16.0. The lowest BCUT2D eigenvalue weighted by atomic mass is 9.75. The predicted molar refractivity (Wildman–Crippen MR) is 98.5 cm³/mol. The Kier molecular flexibility index (Phi) is 2.72. The molecule has 5 rings (SSSR count). The van der Waals surface area contributed by atoms with Crippen LogP contribution in [0.3, 0.4) is 0 Å². The average Bonchev–Trinajstić information content (AvgIpc) is 2.85. The Morgan fingerprint density at radius 1 is 0.808 bits per heavy atom. The number of hydrazine groups is 1. The monoisotopic (exact) mass is 344 g/mol. The summed E-state index contributed by atoms with van der Waals surface area (Å²) < 4.78 is 6.07. The van der Waals surface area contributed by atoms with Crippen LogP contribution in [0.15, 0.2) is 60.7 Å². The fourth-order valence-corrected chi connectivity index (χ4v) is 4.05. The molecule has 0 radical (unpaired) electrons. The number of hydrogen-bond donors (Lipinski definition) is 3. The Balaban J connectivity index is 1.95. The molecule has 1 spiro atoms. The molecule has 6 N–H and O–H groups in total. The summed E-state index contributed by atoms with van der Waals surface area (Å²) in [5.74, 6) is 7.28. The minimum Gasteiger partial charge on any atom is -0.456 e. The Morgan fingerprint density at radius 2 is 1.38 bits per heavy atom. The van der Waals surface area contributed by atoms with Crippen molar-refractivity contribution in [3.05, 3.63) is 82.9 Å². The van der Waals surface area contributed by atoms with E-state index in [0.29, 0.717) is 28.4 Å². The smallest absolute Gasteiger partial charge is 0.269 e. The van der Waals surface area contributed by atoms with Gasteiger partial charge in [0.15, 0.2) is 0 Å². The SMILES string of the molecule is Nc1ccc2c(c1)Oc1cc(N)ccc1C21c2ccccc2C(=O)N1N. The maximum atomic E-state index is 12.9. The van der Waals surface area contributed by atoms with Crippen LogP contribution < -0.4 is 22.0 Å². The highest BCUT2D eigenvalue weighted by Crippen LogP contribution is 2.56. The van der Waals surface area contributed by atoms with Gasteiger partial charge in [-0.1, -0.05) is 30.3 Å². The number of carbonyl (C=O) groups is 1. The number of hydrogen-bond acceptors (Lipinski definition) is 5. The zero-order valence-corrected chi connectivity index (χ0v) is 13.8. The lowest BCUT2D eigenvalue weighted by molar-refractivity contribution is 0.0665. The van der Waals surface area contributed by atoms with Crippen molar-refractivity contribution in [3.8, 4) is 11.5 Å². The van der Waals surface area contributed by atoms with Gasteiger partial charge in [0.05, 0.1) is 0 Å². The molecule has 6 nitrogen and oxygen atoms in total. The molecule has 1 amide bonds. The van der Waals surface area contributed by atoms with Crippen molar-refractivity contribution in [2.24, 2.45) is 5.84 Å². The molecule has 2 heterocycles. The number of nitrogens with two attached hydrogens (primary N) is 3. The average molecular weight is 344 g/mol. The number of nitrogen functional groups attached to an aromatic ring is 2. The lowest BCUT2D eigenvalue weighted by Gasteiger charge is -2.42. The van der Waals surface area contributed by atoms with Crippen LogP contribution in [0.1, 0.15) is 27.0 Å². The minimum absolute atomic E-state index is 0.243. The van der Waals surface area contributed by atoms with E-state index in [4.69, 9.17) is 22.0 Å². The van der Waals surface area contributed by atoms with Crippen molar-refractivity contribution < 1.29 is 9.53 Å². The third kappa shape index (κ3) is 1.61. The summed E-state index contributed by atoms with van der Waals surface area (Å²) >= 11 is 0. The van der Waals surface area contributed by atoms with Gasteiger partial charge in [-0.15, -0.1) is 0 Å². The second kappa shape index (κ2) is 4.77. The molecule has 2 aliphatic rings. The third-order valence-corrected chi connectivity index (χ3v) is 5.14. The van der Waals surface area contributed by atoms with E-state index in [1.807, 2.05) is 30.3 Å². The molecular formula is C20H16N4O2. The first-order valence-electron chi connectivity index (χ1n) is 8.20. The second-order valence-electron chi connectivity index (χ2n) is 6.54. The first-order chi connectivity index (χ1) is 12.5.